The number of benzene rings is 2. The van der Waals surface area contributed by atoms with E-state index in [4.69, 9.17) is 8.71 Å². The molecule has 140 valence electrons. The predicted molar refractivity (Wildman–Crippen MR) is 102 cm³/mol. The van der Waals surface area contributed by atoms with E-state index in [-0.39, 0.29) is 23.0 Å². The second-order valence-electron chi connectivity index (χ2n) is 6.91. The molecular weight excluding hydrogens is 370 g/mol. The lowest BCUT2D eigenvalue weighted by Crippen LogP contribution is -2.37. The first-order valence-electron chi connectivity index (χ1n) is 8.12. The van der Waals surface area contributed by atoms with E-state index in [0.29, 0.717) is 0 Å². The van der Waals surface area contributed by atoms with Gasteiger partial charge in [-0.2, -0.15) is 8.42 Å². The molecule has 0 aromatic heterocycles. The molecule has 2 rings (SSSR count). The monoisotopic (exact) mass is 393 g/mol. The van der Waals surface area contributed by atoms with Crippen LogP contribution in [-0.4, -0.2) is 22.6 Å². The summed E-state index contributed by atoms with van der Waals surface area (Å²) in [7, 11) is -5.71. The summed E-state index contributed by atoms with van der Waals surface area (Å²) < 4.78 is 35.0. The highest BCUT2D eigenvalue weighted by Crippen LogP contribution is 2.19. The van der Waals surface area contributed by atoms with Crippen molar-refractivity contribution in [2.24, 2.45) is 0 Å². The Bertz CT molecular complexity index is 856. The number of rotatable bonds is 7. The lowest BCUT2D eigenvalue weighted by Gasteiger charge is -2.16. The van der Waals surface area contributed by atoms with Crippen molar-refractivity contribution in [3.63, 3.8) is 0 Å². The summed E-state index contributed by atoms with van der Waals surface area (Å²) in [6.45, 7) is 7.77. The van der Waals surface area contributed by atoms with Gasteiger partial charge in [-0.1, -0.05) is 29.8 Å². The predicted octanol–water partition coefficient (Wildman–Crippen LogP) is 3.19. The maximum absolute atomic E-state index is 12.3. The van der Waals surface area contributed by atoms with Crippen molar-refractivity contribution in [2.45, 2.75) is 37.9 Å². The number of nitrogens with one attached hydrogen (secondary N) is 1. The fraction of sp³-hybridized carbons (Fsp3) is 0.278. The van der Waals surface area contributed by atoms with Crippen molar-refractivity contribution in [3.05, 3.63) is 59.7 Å². The number of amides is 1. The zero-order chi connectivity index (χ0) is 19.4. The third kappa shape index (κ3) is 6.29. The highest BCUT2D eigenvalue weighted by atomic mass is 32.2. The molecule has 0 saturated carbocycles. The van der Waals surface area contributed by atoms with Crippen LogP contribution in [0.1, 0.15) is 11.1 Å². The third-order valence-corrected chi connectivity index (χ3v) is 5.25. The number of carbonyl (C=O) groups is 1. The number of hydroxylamine groups is 1. The third-order valence-electron chi connectivity index (χ3n) is 3.27. The van der Waals surface area contributed by atoms with Crippen LogP contribution >= 0.6 is 0 Å². The second-order valence-corrected chi connectivity index (χ2v) is 12.9. The van der Waals surface area contributed by atoms with E-state index in [9.17, 15) is 13.2 Å². The minimum atomic E-state index is -3.89. The van der Waals surface area contributed by atoms with Crippen LogP contribution < -0.4 is 9.66 Å². The lowest BCUT2D eigenvalue weighted by atomic mass is 10.1. The number of hydrogen-bond donors (Lipinski definition) is 1. The zero-order valence-electron chi connectivity index (χ0n) is 15.3. The molecule has 0 saturated heterocycles. The molecule has 2 aromatic rings. The average Bonchev–Trinajstić information content (AvgIpc) is 2.54. The molecule has 0 unspecified atom stereocenters. The van der Waals surface area contributed by atoms with Crippen LogP contribution in [0.25, 0.3) is 0 Å². The second kappa shape index (κ2) is 8.03. The molecule has 0 radical (unpaired) electrons. The van der Waals surface area contributed by atoms with Crippen molar-refractivity contribution in [3.8, 4) is 5.75 Å². The first kappa shape index (κ1) is 20.2. The largest absolute Gasteiger partial charge is 0.379 e. The Morgan fingerprint density at radius 3 is 2.12 bits per heavy atom. The van der Waals surface area contributed by atoms with Crippen molar-refractivity contribution in [1.29, 1.82) is 0 Å². The van der Waals surface area contributed by atoms with Gasteiger partial charge in [-0.3, -0.25) is 4.79 Å². The first-order valence-corrected chi connectivity index (χ1v) is 12.9. The van der Waals surface area contributed by atoms with Crippen molar-refractivity contribution in [2.75, 3.05) is 0 Å². The van der Waals surface area contributed by atoms with Gasteiger partial charge in [0.05, 0.1) is 6.42 Å². The van der Waals surface area contributed by atoms with Gasteiger partial charge in [-0.15, -0.1) is 0 Å². The van der Waals surface area contributed by atoms with Crippen LogP contribution in [0.3, 0.4) is 0 Å². The summed E-state index contributed by atoms with van der Waals surface area (Å²) >= 11 is 0. The Kier molecular flexibility index (Phi) is 6.22. The van der Waals surface area contributed by atoms with E-state index in [1.165, 1.54) is 24.3 Å². The van der Waals surface area contributed by atoms with E-state index in [2.05, 4.69) is 5.48 Å². The molecule has 1 N–H and O–H groups in total. The molecule has 0 spiro atoms. The number of carbonyl (C=O) groups excluding carboxylic acids is 1. The van der Waals surface area contributed by atoms with Crippen molar-refractivity contribution in [1.82, 2.24) is 5.48 Å². The summed E-state index contributed by atoms with van der Waals surface area (Å²) in [5.41, 5.74) is 4.13. The fourth-order valence-electron chi connectivity index (χ4n) is 1.97. The minimum Gasteiger partial charge on any atom is -0.379 e. The molecule has 1 amide bonds. The van der Waals surface area contributed by atoms with E-state index >= 15 is 0 Å². The van der Waals surface area contributed by atoms with Gasteiger partial charge in [-0.05, 0) is 56.4 Å². The van der Waals surface area contributed by atoms with Crippen LogP contribution in [0, 0.1) is 6.92 Å². The van der Waals surface area contributed by atoms with Gasteiger partial charge in [0.15, 0.2) is 0 Å². The topological polar surface area (TPSA) is 81.7 Å². The summed E-state index contributed by atoms with van der Waals surface area (Å²) in [6.07, 6.45) is 0.134. The van der Waals surface area contributed by atoms with Gasteiger partial charge in [0.25, 0.3) is 0 Å². The normalized spacial score (nSPS) is 11.8. The van der Waals surface area contributed by atoms with Gasteiger partial charge in [0.2, 0.25) is 14.2 Å². The maximum Gasteiger partial charge on any atom is 0.339 e. The molecule has 0 aliphatic rings. The van der Waals surface area contributed by atoms with Crippen LogP contribution in [0.2, 0.25) is 19.6 Å². The van der Waals surface area contributed by atoms with Crippen molar-refractivity contribution < 1.29 is 21.9 Å². The Morgan fingerprint density at radius 1 is 1.00 bits per heavy atom. The molecule has 6 nitrogen and oxygen atoms in total. The Hall–Kier alpha value is -2.16. The molecule has 8 heteroatoms. The van der Waals surface area contributed by atoms with E-state index < -0.39 is 18.4 Å². The van der Waals surface area contributed by atoms with Gasteiger partial charge in [-0.25, -0.2) is 5.48 Å². The quantitative estimate of drug-likeness (QED) is 0.444. The molecule has 2 aromatic carbocycles. The van der Waals surface area contributed by atoms with Gasteiger partial charge in [0, 0.05) is 0 Å². The van der Waals surface area contributed by atoms with Crippen LogP contribution in [0.5, 0.6) is 5.75 Å². The average molecular weight is 394 g/mol. The van der Waals surface area contributed by atoms with E-state index in [0.717, 1.165) is 11.1 Å². The summed E-state index contributed by atoms with van der Waals surface area (Å²) in [6, 6.07) is 12.8. The van der Waals surface area contributed by atoms with Crippen LogP contribution in [0.4, 0.5) is 0 Å². The summed E-state index contributed by atoms with van der Waals surface area (Å²) in [5.74, 6) is -0.0681. The van der Waals surface area contributed by atoms with E-state index in [1.807, 2.05) is 26.6 Å². The molecule has 26 heavy (non-hydrogen) atoms. The molecule has 0 heterocycles. The van der Waals surface area contributed by atoms with Gasteiger partial charge >= 0.3 is 10.1 Å². The molecule has 0 aliphatic heterocycles. The number of aryl methyl sites for hydroxylation is 1. The van der Waals surface area contributed by atoms with Crippen molar-refractivity contribution >= 4 is 24.3 Å². The van der Waals surface area contributed by atoms with Gasteiger partial charge < -0.3 is 8.71 Å². The molecule has 0 bridgehead atoms. The Labute approximate surface area is 155 Å². The standard InChI is InChI=1S/C18H23NO5SSi/c1-14-5-11-17(12-6-14)25(21,22)23-16-9-7-15(8-10-16)13-18(20)19-24-26(2,3)4/h5-12H,13H2,1-4H3,(H,19,20). The van der Waals surface area contributed by atoms with Crippen LogP contribution in [0.15, 0.2) is 53.4 Å². The first-order chi connectivity index (χ1) is 12.0. The highest BCUT2D eigenvalue weighted by molar-refractivity contribution is 7.87. The van der Waals surface area contributed by atoms with Gasteiger partial charge in [0.1, 0.15) is 10.6 Å². The molecular formula is C18H23NO5SSi. The zero-order valence-corrected chi connectivity index (χ0v) is 17.1. The molecule has 0 aliphatic carbocycles. The SMILES string of the molecule is Cc1ccc(S(=O)(=O)Oc2ccc(CC(=O)NO[Si](C)(C)C)cc2)cc1. The number of hydrogen-bond acceptors (Lipinski definition) is 5. The highest BCUT2D eigenvalue weighted by Gasteiger charge is 2.18. The Balaban J connectivity index is 1.99. The maximum atomic E-state index is 12.3. The molecule has 0 fully saturated rings. The van der Waals surface area contributed by atoms with Crippen LogP contribution in [-0.2, 0) is 25.9 Å². The fourth-order valence-corrected chi connectivity index (χ4v) is 3.32. The minimum absolute atomic E-state index is 0.0926. The van der Waals surface area contributed by atoms with E-state index in [1.54, 1.807) is 24.3 Å². The Morgan fingerprint density at radius 2 is 1.58 bits per heavy atom. The summed E-state index contributed by atoms with van der Waals surface area (Å²) in [5, 5.41) is 0. The lowest BCUT2D eigenvalue weighted by molar-refractivity contribution is -0.127. The summed E-state index contributed by atoms with van der Waals surface area (Å²) in [4.78, 5) is 11.9. The molecule has 0 atom stereocenters. The smallest absolute Gasteiger partial charge is 0.339 e.